The summed E-state index contributed by atoms with van der Waals surface area (Å²) in [6.07, 6.45) is 0.612. The molecule has 3 aromatic rings. The van der Waals surface area contributed by atoms with Crippen LogP contribution in [-0.4, -0.2) is 44.1 Å². The molecule has 1 amide bonds. The first-order valence-corrected chi connectivity index (χ1v) is 9.60. The summed E-state index contributed by atoms with van der Waals surface area (Å²) >= 11 is 0. The Morgan fingerprint density at radius 2 is 1.80 bits per heavy atom. The average molecular weight is 407 g/mol. The minimum Gasteiger partial charge on any atom is -0.465 e. The van der Waals surface area contributed by atoms with Gasteiger partial charge >= 0.3 is 5.97 Å². The molecule has 2 heterocycles. The van der Waals surface area contributed by atoms with Crippen molar-refractivity contribution < 1.29 is 23.5 Å². The zero-order chi connectivity index (χ0) is 21.3. The van der Waals surface area contributed by atoms with Crippen molar-refractivity contribution in [1.82, 2.24) is 4.90 Å². The van der Waals surface area contributed by atoms with Gasteiger partial charge < -0.3 is 18.8 Å². The summed E-state index contributed by atoms with van der Waals surface area (Å²) in [5.41, 5.74) is 1.59. The molecule has 0 unspecified atom stereocenters. The summed E-state index contributed by atoms with van der Waals surface area (Å²) in [6, 6.07) is 13.0. The number of fused-ring (bicyclic) bond motifs is 2. The number of esters is 1. The summed E-state index contributed by atoms with van der Waals surface area (Å²) in [5.74, 6) is -0.712. The van der Waals surface area contributed by atoms with E-state index in [2.05, 4.69) is 0 Å². The van der Waals surface area contributed by atoms with Crippen molar-refractivity contribution in [2.75, 3.05) is 27.4 Å². The van der Waals surface area contributed by atoms with Gasteiger partial charge in [-0.05, 0) is 36.2 Å². The number of carbonyl (C=O) groups is 2. The molecule has 0 fully saturated rings. The van der Waals surface area contributed by atoms with Crippen molar-refractivity contribution in [2.24, 2.45) is 0 Å². The SMILES string of the molecule is COCCCN1C(=O)c2oc3ccccc3c(=O)c2[C@@H]1c1ccc(C(=O)OC)cc1. The van der Waals surface area contributed by atoms with E-state index < -0.39 is 12.0 Å². The smallest absolute Gasteiger partial charge is 0.337 e. The van der Waals surface area contributed by atoms with Crippen LogP contribution < -0.4 is 5.43 Å². The lowest BCUT2D eigenvalue weighted by molar-refractivity contribution is 0.0599. The second-order valence-corrected chi connectivity index (χ2v) is 7.03. The standard InChI is InChI=1S/C23H21NO6/c1-28-13-5-12-24-19(14-8-10-15(11-9-14)23(27)29-2)18-20(25)16-6-3-4-7-17(16)30-21(18)22(24)26/h3-4,6-11,19H,5,12-13H2,1-2H3/t19-/m0/s1. The van der Waals surface area contributed by atoms with Crippen LogP contribution in [0.25, 0.3) is 11.0 Å². The minimum atomic E-state index is -0.600. The molecular formula is C23H21NO6. The van der Waals surface area contributed by atoms with Gasteiger partial charge in [0.2, 0.25) is 5.76 Å². The van der Waals surface area contributed by atoms with Gasteiger partial charge in [-0.25, -0.2) is 4.79 Å². The Labute approximate surface area is 172 Å². The van der Waals surface area contributed by atoms with Crippen LogP contribution in [0.15, 0.2) is 57.7 Å². The maximum absolute atomic E-state index is 13.3. The molecule has 4 rings (SSSR count). The number of ether oxygens (including phenoxy) is 2. The van der Waals surface area contributed by atoms with E-state index in [4.69, 9.17) is 13.9 Å². The number of nitrogens with zero attached hydrogens (tertiary/aromatic N) is 1. The molecule has 1 aliphatic heterocycles. The predicted molar refractivity (Wildman–Crippen MR) is 110 cm³/mol. The molecule has 0 spiro atoms. The van der Waals surface area contributed by atoms with Gasteiger partial charge in [0.1, 0.15) is 5.58 Å². The quantitative estimate of drug-likeness (QED) is 0.461. The topological polar surface area (TPSA) is 86.0 Å². The number of rotatable bonds is 6. The summed E-state index contributed by atoms with van der Waals surface area (Å²) in [5, 5.41) is 0.430. The van der Waals surface area contributed by atoms with Crippen molar-refractivity contribution in [1.29, 1.82) is 0 Å². The van der Waals surface area contributed by atoms with Gasteiger partial charge in [-0.3, -0.25) is 9.59 Å². The lowest BCUT2D eigenvalue weighted by Gasteiger charge is -2.25. The van der Waals surface area contributed by atoms with E-state index in [1.165, 1.54) is 7.11 Å². The number of benzene rings is 2. The van der Waals surface area contributed by atoms with Crippen LogP contribution >= 0.6 is 0 Å². The van der Waals surface area contributed by atoms with Crippen LogP contribution in [0.1, 0.15) is 44.5 Å². The Kier molecular flexibility index (Phi) is 5.37. The van der Waals surface area contributed by atoms with Gasteiger partial charge in [-0.2, -0.15) is 0 Å². The van der Waals surface area contributed by atoms with E-state index in [1.807, 2.05) is 0 Å². The molecule has 0 radical (unpaired) electrons. The first-order chi connectivity index (χ1) is 14.6. The molecule has 0 bridgehead atoms. The highest BCUT2D eigenvalue weighted by Gasteiger charge is 2.42. The average Bonchev–Trinajstić information content (AvgIpc) is 3.06. The third kappa shape index (κ3) is 3.27. The highest BCUT2D eigenvalue weighted by Crippen LogP contribution is 2.38. The van der Waals surface area contributed by atoms with E-state index >= 15 is 0 Å². The minimum absolute atomic E-state index is 0.0677. The van der Waals surface area contributed by atoms with Gasteiger partial charge in [0.05, 0.1) is 29.7 Å². The number of amides is 1. The monoisotopic (exact) mass is 407 g/mol. The maximum atomic E-state index is 13.3. The Balaban J connectivity index is 1.85. The largest absolute Gasteiger partial charge is 0.465 e. The maximum Gasteiger partial charge on any atom is 0.337 e. The summed E-state index contributed by atoms with van der Waals surface area (Å²) in [4.78, 5) is 39.9. The van der Waals surface area contributed by atoms with Gasteiger partial charge in [0.15, 0.2) is 5.43 Å². The summed E-state index contributed by atoms with van der Waals surface area (Å²) < 4.78 is 15.7. The van der Waals surface area contributed by atoms with Crippen LogP contribution in [-0.2, 0) is 9.47 Å². The molecule has 7 heteroatoms. The first-order valence-electron chi connectivity index (χ1n) is 9.60. The second kappa shape index (κ2) is 8.12. The third-order valence-corrected chi connectivity index (χ3v) is 5.27. The van der Waals surface area contributed by atoms with E-state index in [0.29, 0.717) is 41.7 Å². The molecule has 1 aromatic heterocycles. The number of carbonyl (C=O) groups excluding carboxylic acids is 2. The Bertz CT molecular complexity index is 1160. The zero-order valence-corrected chi connectivity index (χ0v) is 16.7. The second-order valence-electron chi connectivity index (χ2n) is 7.03. The van der Waals surface area contributed by atoms with E-state index in [9.17, 15) is 14.4 Å². The third-order valence-electron chi connectivity index (χ3n) is 5.27. The van der Waals surface area contributed by atoms with Crippen molar-refractivity contribution in [3.05, 3.63) is 81.2 Å². The van der Waals surface area contributed by atoms with Gasteiger partial charge in [-0.1, -0.05) is 24.3 Å². The molecule has 7 nitrogen and oxygen atoms in total. The Morgan fingerprint density at radius 3 is 2.50 bits per heavy atom. The zero-order valence-electron chi connectivity index (χ0n) is 16.7. The van der Waals surface area contributed by atoms with Gasteiger partial charge in [0, 0.05) is 20.3 Å². The molecule has 2 aromatic carbocycles. The fourth-order valence-electron chi connectivity index (χ4n) is 3.84. The molecule has 1 atom stereocenters. The fourth-order valence-corrected chi connectivity index (χ4v) is 3.84. The summed E-state index contributed by atoms with van der Waals surface area (Å²) in [6.45, 7) is 0.882. The highest BCUT2D eigenvalue weighted by atomic mass is 16.5. The first kappa shape index (κ1) is 19.8. The molecule has 0 saturated carbocycles. The van der Waals surface area contributed by atoms with Crippen LogP contribution in [0.2, 0.25) is 0 Å². The number of para-hydroxylation sites is 1. The molecule has 1 aliphatic rings. The van der Waals surface area contributed by atoms with E-state index in [0.717, 1.165) is 5.56 Å². The van der Waals surface area contributed by atoms with Crippen LogP contribution in [0.5, 0.6) is 0 Å². The Morgan fingerprint density at radius 1 is 1.07 bits per heavy atom. The van der Waals surface area contributed by atoms with Gasteiger partial charge in [-0.15, -0.1) is 0 Å². The van der Waals surface area contributed by atoms with Crippen molar-refractivity contribution >= 4 is 22.8 Å². The number of hydrogen-bond donors (Lipinski definition) is 0. The molecule has 154 valence electrons. The summed E-state index contributed by atoms with van der Waals surface area (Å²) in [7, 11) is 2.91. The highest BCUT2D eigenvalue weighted by molar-refractivity contribution is 5.99. The van der Waals surface area contributed by atoms with Crippen molar-refractivity contribution in [2.45, 2.75) is 12.5 Å². The van der Waals surface area contributed by atoms with Crippen LogP contribution in [0, 0.1) is 0 Å². The molecule has 0 N–H and O–H groups in total. The van der Waals surface area contributed by atoms with Crippen LogP contribution in [0.3, 0.4) is 0 Å². The molecule has 0 saturated heterocycles. The Hall–Kier alpha value is -3.45. The van der Waals surface area contributed by atoms with Crippen molar-refractivity contribution in [3.8, 4) is 0 Å². The normalized spacial score (nSPS) is 15.5. The lowest BCUT2D eigenvalue weighted by atomic mass is 9.97. The van der Waals surface area contributed by atoms with Gasteiger partial charge in [0.25, 0.3) is 5.91 Å². The fraction of sp³-hybridized carbons (Fsp3) is 0.261. The van der Waals surface area contributed by atoms with E-state index in [1.54, 1.807) is 60.5 Å². The van der Waals surface area contributed by atoms with Crippen LogP contribution in [0.4, 0.5) is 0 Å². The lowest BCUT2D eigenvalue weighted by Crippen LogP contribution is -2.31. The molecule has 0 aliphatic carbocycles. The molecular weight excluding hydrogens is 386 g/mol. The van der Waals surface area contributed by atoms with E-state index in [-0.39, 0.29) is 17.1 Å². The number of hydrogen-bond acceptors (Lipinski definition) is 6. The number of methoxy groups -OCH3 is 2. The predicted octanol–water partition coefficient (Wildman–Crippen LogP) is 3.16. The van der Waals surface area contributed by atoms with Crippen molar-refractivity contribution in [3.63, 3.8) is 0 Å². The molecule has 30 heavy (non-hydrogen) atoms.